The number of ether oxygens (including phenoxy) is 2. The van der Waals surface area contributed by atoms with Crippen molar-refractivity contribution in [3.8, 4) is 17.2 Å². The molecule has 9 nitrogen and oxygen atoms in total. The molecule has 0 amide bonds. The van der Waals surface area contributed by atoms with E-state index in [1.165, 1.54) is 6.08 Å². The number of aliphatic hydroxyl groups is 4. The summed E-state index contributed by atoms with van der Waals surface area (Å²) in [5.74, 6) is -2.06. The molecule has 2 aromatic rings. The number of rotatable bonds is 6. The van der Waals surface area contributed by atoms with Gasteiger partial charge in [-0.05, 0) is 23.8 Å². The SMILES string of the molecule is O=C(/C=C/c1ccc(Cl)cc1)c1c(O)cc(O)cc1O[C@@H]1O[C@@H](CO)[C@@H](O)[C@@H](O)[C@@H]1O. The Labute approximate surface area is 182 Å². The van der Waals surface area contributed by atoms with E-state index in [0.29, 0.717) is 10.6 Å². The third kappa shape index (κ3) is 5.16. The van der Waals surface area contributed by atoms with E-state index in [0.717, 1.165) is 18.2 Å². The molecular formula is C21H21ClO9. The van der Waals surface area contributed by atoms with E-state index in [4.69, 9.17) is 21.1 Å². The predicted octanol–water partition coefficient (Wildman–Crippen LogP) is 0.826. The zero-order valence-corrected chi connectivity index (χ0v) is 16.8. The van der Waals surface area contributed by atoms with Crippen molar-refractivity contribution in [1.29, 1.82) is 0 Å². The van der Waals surface area contributed by atoms with Crippen molar-refractivity contribution in [1.82, 2.24) is 0 Å². The molecule has 1 aliphatic heterocycles. The van der Waals surface area contributed by atoms with Gasteiger partial charge in [0.25, 0.3) is 0 Å². The quantitative estimate of drug-likeness (QED) is 0.276. The number of phenols is 2. The van der Waals surface area contributed by atoms with E-state index in [9.17, 15) is 35.4 Å². The summed E-state index contributed by atoms with van der Waals surface area (Å²) in [5, 5.41) is 59.8. The number of carbonyl (C=O) groups is 1. The molecule has 0 unspecified atom stereocenters. The monoisotopic (exact) mass is 452 g/mol. The number of carbonyl (C=O) groups excluding carboxylic acids is 1. The molecule has 1 heterocycles. The molecule has 0 radical (unpaired) electrons. The zero-order valence-electron chi connectivity index (χ0n) is 16.0. The van der Waals surface area contributed by atoms with Gasteiger partial charge >= 0.3 is 0 Å². The Morgan fingerprint density at radius 1 is 1.06 bits per heavy atom. The fourth-order valence-electron chi connectivity index (χ4n) is 3.05. The van der Waals surface area contributed by atoms with Crippen LogP contribution in [0.2, 0.25) is 5.02 Å². The first-order chi connectivity index (χ1) is 14.7. The maximum Gasteiger partial charge on any atom is 0.229 e. The number of allylic oxidation sites excluding steroid dienone is 1. The van der Waals surface area contributed by atoms with Gasteiger partial charge in [0.2, 0.25) is 6.29 Å². The number of aromatic hydroxyl groups is 2. The Balaban J connectivity index is 1.89. The maximum absolute atomic E-state index is 12.7. The first-order valence-corrected chi connectivity index (χ1v) is 9.60. The van der Waals surface area contributed by atoms with Crippen LogP contribution in [0.1, 0.15) is 15.9 Å². The van der Waals surface area contributed by atoms with E-state index < -0.39 is 54.6 Å². The third-order valence-electron chi connectivity index (χ3n) is 4.70. The molecule has 31 heavy (non-hydrogen) atoms. The van der Waals surface area contributed by atoms with Crippen LogP contribution in [-0.4, -0.2) is 73.7 Å². The summed E-state index contributed by atoms with van der Waals surface area (Å²) < 4.78 is 10.7. The Morgan fingerprint density at radius 3 is 2.39 bits per heavy atom. The van der Waals surface area contributed by atoms with E-state index in [2.05, 4.69) is 0 Å². The fourth-order valence-corrected chi connectivity index (χ4v) is 3.17. The summed E-state index contributed by atoms with van der Waals surface area (Å²) in [6, 6.07) is 8.57. The first kappa shape index (κ1) is 23.0. The topological polar surface area (TPSA) is 157 Å². The lowest BCUT2D eigenvalue weighted by atomic mass is 9.99. The van der Waals surface area contributed by atoms with E-state index in [1.807, 2.05) is 0 Å². The molecular weight excluding hydrogens is 432 g/mol. The van der Waals surface area contributed by atoms with Crippen molar-refractivity contribution in [3.05, 3.63) is 58.6 Å². The molecule has 166 valence electrons. The van der Waals surface area contributed by atoms with Gasteiger partial charge < -0.3 is 40.1 Å². The van der Waals surface area contributed by atoms with E-state index >= 15 is 0 Å². The Morgan fingerprint density at radius 2 is 1.74 bits per heavy atom. The van der Waals surface area contributed by atoms with Crippen LogP contribution in [0, 0.1) is 0 Å². The number of aliphatic hydroxyl groups excluding tert-OH is 4. The maximum atomic E-state index is 12.7. The van der Waals surface area contributed by atoms with Gasteiger partial charge in [-0.3, -0.25) is 4.79 Å². The lowest BCUT2D eigenvalue weighted by molar-refractivity contribution is -0.277. The molecule has 5 atom stereocenters. The highest BCUT2D eigenvalue weighted by molar-refractivity contribution is 6.30. The standard InChI is InChI=1S/C21H21ClO9/c22-11-4-1-10(2-5-11)3-6-13(25)17-14(26)7-12(24)8-15(17)30-21-20(29)19(28)18(27)16(9-23)31-21/h1-8,16,18-21,23-24,26-29H,9H2/b6-3+/t16-,18+,19+,20-,21+/m0/s1. The summed E-state index contributed by atoms with van der Waals surface area (Å²) in [7, 11) is 0. The number of halogens is 1. The highest BCUT2D eigenvalue weighted by atomic mass is 35.5. The van der Waals surface area contributed by atoms with Crippen LogP contribution in [0.4, 0.5) is 0 Å². The van der Waals surface area contributed by atoms with Crippen molar-refractivity contribution >= 4 is 23.5 Å². The molecule has 10 heteroatoms. The van der Waals surface area contributed by atoms with Crippen molar-refractivity contribution < 1.29 is 44.9 Å². The molecule has 0 saturated carbocycles. The lowest BCUT2D eigenvalue weighted by Gasteiger charge is -2.39. The van der Waals surface area contributed by atoms with Crippen LogP contribution in [0.25, 0.3) is 6.08 Å². The molecule has 1 fully saturated rings. The van der Waals surface area contributed by atoms with Crippen LogP contribution in [0.5, 0.6) is 17.2 Å². The molecule has 3 rings (SSSR count). The second-order valence-electron chi connectivity index (χ2n) is 6.90. The highest BCUT2D eigenvalue weighted by Gasteiger charge is 2.45. The van der Waals surface area contributed by atoms with Crippen LogP contribution >= 0.6 is 11.6 Å². The van der Waals surface area contributed by atoms with Crippen molar-refractivity contribution in [2.75, 3.05) is 6.61 Å². The number of hydrogen-bond acceptors (Lipinski definition) is 9. The van der Waals surface area contributed by atoms with Gasteiger partial charge in [-0.25, -0.2) is 0 Å². The number of phenolic OH excluding ortho intramolecular Hbond substituents is 2. The van der Waals surface area contributed by atoms with Gasteiger partial charge in [0.1, 0.15) is 47.2 Å². The first-order valence-electron chi connectivity index (χ1n) is 9.22. The summed E-state index contributed by atoms with van der Waals surface area (Å²) in [6.07, 6.45) is -5.25. The average Bonchev–Trinajstić information content (AvgIpc) is 2.73. The molecule has 1 saturated heterocycles. The molecule has 0 spiro atoms. The largest absolute Gasteiger partial charge is 0.508 e. The molecule has 1 aliphatic rings. The second kappa shape index (κ2) is 9.65. The normalized spacial score (nSPS) is 26.2. The summed E-state index contributed by atoms with van der Waals surface area (Å²) >= 11 is 5.83. The third-order valence-corrected chi connectivity index (χ3v) is 4.95. The molecule has 0 bridgehead atoms. The van der Waals surface area contributed by atoms with Crippen LogP contribution in [0.15, 0.2) is 42.5 Å². The van der Waals surface area contributed by atoms with E-state index in [-0.39, 0.29) is 11.3 Å². The minimum absolute atomic E-state index is 0.333. The molecule has 2 aromatic carbocycles. The summed E-state index contributed by atoms with van der Waals surface area (Å²) in [5.41, 5.74) is 0.326. The number of ketones is 1. The van der Waals surface area contributed by atoms with Gasteiger partial charge in [0.15, 0.2) is 5.78 Å². The Bertz CT molecular complexity index is 958. The van der Waals surface area contributed by atoms with Crippen molar-refractivity contribution in [2.45, 2.75) is 30.7 Å². The van der Waals surface area contributed by atoms with Crippen LogP contribution in [-0.2, 0) is 4.74 Å². The minimum Gasteiger partial charge on any atom is -0.508 e. The Kier molecular flexibility index (Phi) is 7.16. The Hall–Kier alpha value is -2.66. The zero-order chi connectivity index (χ0) is 22.7. The highest BCUT2D eigenvalue weighted by Crippen LogP contribution is 2.36. The van der Waals surface area contributed by atoms with Gasteiger partial charge in [0.05, 0.1) is 6.61 Å². The predicted molar refractivity (Wildman–Crippen MR) is 109 cm³/mol. The summed E-state index contributed by atoms with van der Waals surface area (Å²) in [6.45, 7) is -0.675. The minimum atomic E-state index is -1.74. The second-order valence-corrected chi connectivity index (χ2v) is 7.34. The van der Waals surface area contributed by atoms with Gasteiger partial charge in [-0.1, -0.05) is 29.8 Å². The number of hydrogen-bond donors (Lipinski definition) is 6. The molecule has 6 N–H and O–H groups in total. The van der Waals surface area contributed by atoms with Crippen LogP contribution in [0.3, 0.4) is 0 Å². The van der Waals surface area contributed by atoms with Crippen LogP contribution < -0.4 is 4.74 Å². The van der Waals surface area contributed by atoms with Crippen molar-refractivity contribution in [3.63, 3.8) is 0 Å². The van der Waals surface area contributed by atoms with E-state index in [1.54, 1.807) is 24.3 Å². The summed E-state index contributed by atoms with van der Waals surface area (Å²) in [4.78, 5) is 12.7. The number of benzene rings is 2. The lowest BCUT2D eigenvalue weighted by Crippen LogP contribution is -2.60. The molecule has 0 aliphatic carbocycles. The van der Waals surface area contributed by atoms with Gasteiger partial charge in [-0.2, -0.15) is 0 Å². The van der Waals surface area contributed by atoms with Gasteiger partial charge in [-0.15, -0.1) is 0 Å². The average molecular weight is 453 g/mol. The fraction of sp³-hybridized carbons (Fsp3) is 0.286. The smallest absolute Gasteiger partial charge is 0.229 e. The van der Waals surface area contributed by atoms with Gasteiger partial charge in [0, 0.05) is 17.2 Å². The molecule has 0 aromatic heterocycles. The van der Waals surface area contributed by atoms with Crippen molar-refractivity contribution in [2.24, 2.45) is 0 Å².